The van der Waals surface area contributed by atoms with E-state index < -0.39 is 41.1 Å². The molecule has 0 unspecified atom stereocenters. The first-order valence-electron chi connectivity index (χ1n) is 7.66. The molecule has 0 N–H and O–H groups in total. The van der Waals surface area contributed by atoms with E-state index in [0.717, 1.165) is 4.90 Å². The summed E-state index contributed by atoms with van der Waals surface area (Å²) in [4.78, 5) is 52.4. The fourth-order valence-corrected chi connectivity index (χ4v) is 4.68. The summed E-state index contributed by atoms with van der Waals surface area (Å²) in [5.41, 5.74) is 1.30. The van der Waals surface area contributed by atoms with Crippen molar-refractivity contribution in [1.82, 2.24) is 9.80 Å². The van der Waals surface area contributed by atoms with Crippen molar-refractivity contribution in [2.45, 2.75) is 24.4 Å². The molecular weight excluding hydrogens is 344 g/mol. The average Bonchev–Trinajstić information content (AvgIpc) is 2.87. The summed E-state index contributed by atoms with van der Waals surface area (Å²) >= 11 is 1.32. The molecule has 3 aliphatic heterocycles. The average molecular weight is 358 g/mol. The van der Waals surface area contributed by atoms with Crippen LogP contribution in [0, 0.1) is 0 Å². The van der Waals surface area contributed by atoms with Gasteiger partial charge in [0.15, 0.2) is 6.04 Å². The highest BCUT2D eigenvalue weighted by Crippen LogP contribution is 2.44. The van der Waals surface area contributed by atoms with Gasteiger partial charge in [-0.1, -0.05) is 12.1 Å². The Labute approximate surface area is 147 Å². The molecule has 8 heteroatoms. The predicted octanol–water partition coefficient (Wildman–Crippen LogP) is 1.01. The van der Waals surface area contributed by atoms with Gasteiger partial charge >= 0.3 is 5.97 Å². The normalized spacial score (nSPS) is 27.5. The second-order valence-corrected chi connectivity index (χ2v) is 7.02. The van der Waals surface area contributed by atoms with Gasteiger partial charge in [0, 0.05) is 0 Å². The van der Waals surface area contributed by atoms with Gasteiger partial charge in [-0.15, -0.1) is 11.8 Å². The van der Waals surface area contributed by atoms with Crippen molar-refractivity contribution in [2.24, 2.45) is 0 Å². The van der Waals surface area contributed by atoms with Crippen LogP contribution in [0.3, 0.4) is 0 Å². The van der Waals surface area contributed by atoms with Crippen LogP contribution in [0.2, 0.25) is 0 Å². The summed E-state index contributed by atoms with van der Waals surface area (Å²) < 4.78 is 4.78. The number of imide groups is 1. The number of carbonyl (C=O) groups excluding carboxylic acids is 4. The van der Waals surface area contributed by atoms with Crippen LogP contribution in [0.4, 0.5) is 0 Å². The third-order valence-electron chi connectivity index (χ3n) is 4.68. The smallest absolute Gasteiger partial charge is 0.332 e. The lowest BCUT2D eigenvalue weighted by Crippen LogP contribution is -2.74. The van der Waals surface area contributed by atoms with Crippen LogP contribution >= 0.6 is 11.8 Å². The van der Waals surface area contributed by atoms with Crippen molar-refractivity contribution >= 4 is 35.5 Å². The number of methoxy groups -OCH3 is 1. The lowest BCUT2D eigenvalue weighted by molar-refractivity contribution is -0.163. The van der Waals surface area contributed by atoms with Gasteiger partial charge in [0.2, 0.25) is 0 Å². The molecule has 1 aromatic rings. The monoisotopic (exact) mass is 358 g/mol. The van der Waals surface area contributed by atoms with Gasteiger partial charge in [-0.3, -0.25) is 19.3 Å². The number of fused-ring (bicyclic) bond motifs is 2. The van der Waals surface area contributed by atoms with Crippen LogP contribution in [0.1, 0.15) is 27.6 Å². The first-order chi connectivity index (χ1) is 12.0. The number of thioether (sulfide) groups is 1. The van der Waals surface area contributed by atoms with Crippen molar-refractivity contribution in [3.63, 3.8) is 0 Å². The highest BCUT2D eigenvalue weighted by Gasteiger charge is 2.60. The number of hydrogen-bond donors (Lipinski definition) is 0. The lowest BCUT2D eigenvalue weighted by Gasteiger charge is -2.53. The van der Waals surface area contributed by atoms with E-state index in [2.05, 4.69) is 0 Å². The molecule has 7 nitrogen and oxygen atoms in total. The number of carbonyl (C=O) groups is 4. The van der Waals surface area contributed by atoms with Gasteiger partial charge in [-0.05, 0) is 30.0 Å². The Morgan fingerprint density at radius 1 is 1.12 bits per heavy atom. The van der Waals surface area contributed by atoms with E-state index in [0.29, 0.717) is 16.7 Å². The molecule has 0 spiro atoms. The molecule has 0 aliphatic carbocycles. The minimum atomic E-state index is -0.908. The highest BCUT2D eigenvalue weighted by atomic mass is 32.2. The molecule has 3 amide bonds. The number of β-lactam (4-membered cyclic amide) rings is 1. The Morgan fingerprint density at radius 3 is 2.28 bits per heavy atom. The minimum absolute atomic E-state index is 0.302. The third-order valence-corrected chi connectivity index (χ3v) is 5.95. The Balaban J connectivity index is 1.67. The Hall–Kier alpha value is -2.61. The molecule has 0 bridgehead atoms. The first kappa shape index (κ1) is 15.9. The highest BCUT2D eigenvalue weighted by molar-refractivity contribution is 8.02. The number of benzene rings is 1. The van der Waals surface area contributed by atoms with E-state index in [-0.39, 0.29) is 0 Å². The van der Waals surface area contributed by atoms with Crippen LogP contribution in [0.5, 0.6) is 0 Å². The zero-order valence-electron chi connectivity index (χ0n) is 13.5. The van der Waals surface area contributed by atoms with Crippen LogP contribution in [-0.2, 0) is 14.3 Å². The summed E-state index contributed by atoms with van der Waals surface area (Å²) in [5.74, 6) is -1.90. The summed E-state index contributed by atoms with van der Waals surface area (Å²) in [6.45, 7) is 1.74. The number of amides is 3. The molecule has 1 fully saturated rings. The maximum atomic E-state index is 12.7. The largest absolute Gasteiger partial charge is 0.467 e. The number of esters is 1. The molecule has 25 heavy (non-hydrogen) atoms. The number of nitrogens with zero attached hydrogens (tertiary/aromatic N) is 2. The second-order valence-electron chi connectivity index (χ2n) is 6.03. The molecular formula is C17H14N2O5S. The molecule has 128 valence electrons. The zero-order valence-corrected chi connectivity index (χ0v) is 14.3. The molecule has 4 rings (SSSR count). The summed E-state index contributed by atoms with van der Waals surface area (Å²) in [6, 6.07) is 4.79. The van der Waals surface area contributed by atoms with Crippen molar-refractivity contribution in [2.75, 3.05) is 7.11 Å². The van der Waals surface area contributed by atoms with E-state index in [9.17, 15) is 19.2 Å². The Morgan fingerprint density at radius 2 is 1.72 bits per heavy atom. The third kappa shape index (κ3) is 2.00. The van der Waals surface area contributed by atoms with Crippen LogP contribution < -0.4 is 0 Å². The fourth-order valence-electron chi connectivity index (χ4n) is 3.45. The van der Waals surface area contributed by atoms with E-state index in [1.807, 2.05) is 0 Å². The maximum Gasteiger partial charge on any atom is 0.332 e. The van der Waals surface area contributed by atoms with Crippen LogP contribution in [0.25, 0.3) is 0 Å². The quantitative estimate of drug-likeness (QED) is 0.446. The fraction of sp³-hybridized carbons (Fsp3) is 0.294. The molecule has 3 atom stereocenters. The van der Waals surface area contributed by atoms with Gasteiger partial charge in [-0.2, -0.15) is 0 Å². The second kappa shape index (κ2) is 5.45. The SMILES string of the molecule is COC(=O)[C@H]1C(C)=CS[C@@H]2[C@@H](N3C(=O)c4ccccc4C3=O)C(=O)N12. The Bertz CT molecular complexity index is 829. The number of ether oxygens (including phenoxy) is 1. The summed E-state index contributed by atoms with van der Waals surface area (Å²) in [5, 5.41) is 1.29. The molecule has 0 radical (unpaired) electrons. The van der Waals surface area contributed by atoms with Crippen molar-refractivity contribution in [3.05, 3.63) is 46.4 Å². The molecule has 0 aromatic heterocycles. The van der Waals surface area contributed by atoms with Gasteiger partial charge in [0.25, 0.3) is 17.7 Å². The van der Waals surface area contributed by atoms with Crippen molar-refractivity contribution in [1.29, 1.82) is 0 Å². The predicted molar refractivity (Wildman–Crippen MR) is 88.5 cm³/mol. The molecule has 3 aliphatic rings. The van der Waals surface area contributed by atoms with Crippen LogP contribution in [-0.4, -0.2) is 58.1 Å². The van der Waals surface area contributed by atoms with Gasteiger partial charge in [-0.25, -0.2) is 4.79 Å². The molecule has 0 saturated carbocycles. The standard InChI is InChI=1S/C17H14N2O5S/c1-8-7-25-16-12(15(22)19(16)11(8)17(23)24-2)18-13(20)9-5-3-4-6-10(9)14(18)21/h3-7,11-12,16H,1-2H3/t11-,12+,16-/m1/s1. The number of hydrogen-bond acceptors (Lipinski definition) is 6. The van der Waals surface area contributed by atoms with Gasteiger partial charge in [0.1, 0.15) is 11.4 Å². The van der Waals surface area contributed by atoms with E-state index in [1.165, 1.54) is 23.8 Å². The first-order valence-corrected chi connectivity index (χ1v) is 8.60. The van der Waals surface area contributed by atoms with Gasteiger partial charge < -0.3 is 9.64 Å². The topological polar surface area (TPSA) is 84.0 Å². The summed E-state index contributed by atoms with van der Waals surface area (Å²) in [6.07, 6.45) is 0. The van der Waals surface area contributed by atoms with Crippen molar-refractivity contribution in [3.8, 4) is 0 Å². The molecule has 1 saturated heterocycles. The maximum absolute atomic E-state index is 12.7. The van der Waals surface area contributed by atoms with Crippen molar-refractivity contribution < 1.29 is 23.9 Å². The zero-order chi connectivity index (χ0) is 17.9. The van der Waals surface area contributed by atoms with E-state index in [4.69, 9.17) is 4.74 Å². The van der Waals surface area contributed by atoms with Gasteiger partial charge in [0.05, 0.1) is 18.2 Å². The minimum Gasteiger partial charge on any atom is -0.467 e. The summed E-state index contributed by atoms with van der Waals surface area (Å²) in [7, 11) is 1.26. The molecule has 3 heterocycles. The lowest BCUT2D eigenvalue weighted by atomic mass is 9.97. The van der Waals surface area contributed by atoms with E-state index >= 15 is 0 Å². The van der Waals surface area contributed by atoms with E-state index in [1.54, 1.807) is 36.6 Å². The van der Waals surface area contributed by atoms with Crippen LogP contribution in [0.15, 0.2) is 35.2 Å². The number of rotatable bonds is 2. The Kier molecular flexibility index (Phi) is 3.47. The molecule has 1 aromatic carbocycles.